The lowest BCUT2D eigenvalue weighted by molar-refractivity contribution is -0.147. The number of aliphatic hydroxyl groups excluding tert-OH is 1. The van der Waals surface area contributed by atoms with Crippen LogP contribution in [0.25, 0.3) is 0 Å². The highest BCUT2D eigenvalue weighted by Gasteiger charge is 2.60. The van der Waals surface area contributed by atoms with Gasteiger partial charge in [-0.3, -0.25) is 4.79 Å². The van der Waals surface area contributed by atoms with Gasteiger partial charge in [-0.05, 0) is 60.8 Å². The maximum Gasteiger partial charge on any atom is 0.220 e. The van der Waals surface area contributed by atoms with Crippen molar-refractivity contribution in [3.05, 3.63) is 35.9 Å². The quantitative estimate of drug-likeness (QED) is 0.753. The van der Waals surface area contributed by atoms with Crippen molar-refractivity contribution in [1.29, 1.82) is 0 Å². The molecule has 0 saturated heterocycles. The van der Waals surface area contributed by atoms with Crippen LogP contribution in [0.2, 0.25) is 0 Å². The maximum absolute atomic E-state index is 13.1. The van der Waals surface area contributed by atoms with Crippen LogP contribution in [-0.2, 0) is 10.2 Å². The van der Waals surface area contributed by atoms with E-state index in [9.17, 15) is 9.90 Å². The Morgan fingerprint density at radius 1 is 1.07 bits per heavy atom. The molecule has 0 unspecified atom stereocenters. The van der Waals surface area contributed by atoms with E-state index < -0.39 is 0 Å². The van der Waals surface area contributed by atoms with Crippen LogP contribution in [0.1, 0.15) is 64.4 Å². The van der Waals surface area contributed by atoms with Crippen LogP contribution >= 0.6 is 0 Å². The third-order valence-electron chi connectivity index (χ3n) is 8.28. The van der Waals surface area contributed by atoms with E-state index in [0.29, 0.717) is 36.0 Å². The normalized spacial score (nSPS) is 37.0. The zero-order chi connectivity index (χ0) is 19.0. The first-order chi connectivity index (χ1) is 13.1. The summed E-state index contributed by atoms with van der Waals surface area (Å²) >= 11 is 0. The Morgan fingerprint density at radius 3 is 2.15 bits per heavy atom. The van der Waals surface area contributed by atoms with E-state index in [1.807, 2.05) is 0 Å². The van der Waals surface area contributed by atoms with Crippen molar-refractivity contribution >= 4 is 5.91 Å². The molecular formula is C24H35NO2. The molecule has 1 amide bonds. The van der Waals surface area contributed by atoms with Gasteiger partial charge in [0.05, 0.1) is 6.10 Å². The molecule has 5 rings (SSSR count). The third kappa shape index (κ3) is 3.22. The zero-order valence-corrected chi connectivity index (χ0v) is 16.9. The van der Waals surface area contributed by atoms with E-state index in [1.54, 1.807) is 0 Å². The van der Waals surface area contributed by atoms with Crippen molar-refractivity contribution in [3.8, 4) is 0 Å². The number of amides is 1. The Hall–Kier alpha value is -1.35. The molecule has 0 radical (unpaired) electrons. The van der Waals surface area contributed by atoms with Gasteiger partial charge in [0.1, 0.15) is 0 Å². The van der Waals surface area contributed by atoms with E-state index in [4.69, 9.17) is 0 Å². The lowest BCUT2D eigenvalue weighted by atomic mass is 9.42. The predicted octanol–water partition coefficient (Wildman–Crippen LogP) is 4.29. The minimum Gasteiger partial charge on any atom is -0.393 e. The molecule has 0 aromatic heterocycles. The Kier molecular flexibility index (Phi) is 5.33. The topological polar surface area (TPSA) is 49.3 Å². The zero-order valence-electron chi connectivity index (χ0n) is 16.9. The summed E-state index contributed by atoms with van der Waals surface area (Å²) < 4.78 is 0. The molecule has 1 aromatic carbocycles. The van der Waals surface area contributed by atoms with Crippen LogP contribution in [0.5, 0.6) is 0 Å². The van der Waals surface area contributed by atoms with Crippen molar-refractivity contribution in [3.63, 3.8) is 0 Å². The monoisotopic (exact) mass is 369 g/mol. The number of aliphatic hydroxyl groups is 1. The molecule has 4 aliphatic rings. The van der Waals surface area contributed by atoms with Crippen LogP contribution in [0, 0.1) is 29.6 Å². The van der Waals surface area contributed by atoms with Crippen molar-refractivity contribution in [1.82, 2.24) is 5.32 Å². The van der Waals surface area contributed by atoms with Gasteiger partial charge in [-0.25, -0.2) is 0 Å². The number of carbonyl (C=O) groups is 1. The van der Waals surface area contributed by atoms with Crippen molar-refractivity contribution < 1.29 is 9.90 Å². The van der Waals surface area contributed by atoms with Crippen molar-refractivity contribution in [2.75, 3.05) is 6.54 Å². The predicted molar refractivity (Wildman–Crippen MR) is 108 cm³/mol. The molecule has 4 aliphatic carbocycles. The van der Waals surface area contributed by atoms with Gasteiger partial charge in [0.2, 0.25) is 5.91 Å². The number of nitrogens with one attached hydrogen (secondary N) is 1. The minimum absolute atomic E-state index is 0.0353. The van der Waals surface area contributed by atoms with Gasteiger partial charge in [-0.2, -0.15) is 0 Å². The van der Waals surface area contributed by atoms with Crippen LogP contribution in [0.3, 0.4) is 0 Å². The Morgan fingerprint density at radius 2 is 1.63 bits per heavy atom. The van der Waals surface area contributed by atoms with Gasteiger partial charge >= 0.3 is 0 Å². The fraction of sp³-hybridized carbons (Fsp3) is 0.708. The molecule has 1 aromatic rings. The first kappa shape index (κ1) is 19.0. The molecule has 2 N–H and O–H groups in total. The highest BCUT2D eigenvalue weighted by Crippen LogP contribution is 2.64. The Balaban J connectivity index is 1.59. The summed E-state index contributed by atoms with van der Waals surface area (Å²) in [6.45, 7) is 5.21. The van der Waals surface area contributed by atoms with Crippen LogP contribution < -0.4 is 5.32 Å². The van der Waals surface area contributed by atoms with Gasteiger partial charge in [0, 0.05) is 18.4 Å². The van der Waals surface area contributed by atoms with Gasteiger partial charge in [-0.1, -0.05) is 57.0 Å². The molecular weight excluding hydrogens is 334 g/mol. The summed E-state index contributed by atoms with van der Waals surface area (Å²) in [6.07, 6.45) is 7.09. The van der Waals surface area contributed by atoms with E-state index in [2.05, 4.69) is 49.5 Å². The minimum atomic E-state index is -0.102. The maximum atomic E-state index is 13.1. The van der Waals surface area contributed by atoms with Crippen molar-refractivity contribution in [2.24, 2.45) is 29.6 Å². The van der Waals surface area contributed by atoms with Gasteiger partial charge in [0.25, 0.3) is 0 Å². The average Bonchev–Trinajstić information content (AvgIpc) is 2.68. The lowest BCUT2D eigenvalue weighted by Crippen LogP contribution is -2.61. The average molecular weight is 370 g/mol. The molecule has 27 heavy (non-hydrogen) atoms. The molecule has 0 spiro atoms. The van der Waals surface area contributed by atoms with E-state index in [0.717, 1.165) is 45.1 Å². The lowest BCUT2D eigenvalue weighted by Gasteiger charge is -2.63. The molecule has 4 fully saturated rings. The molecule has 148 valence electrons. The summed E-state index contributed by atoms with van der Waals surface area (Å²) in [5.41, 5.74) is 1.32. The number of benzene rings is 1. The number of rotatable bonds is 7. The molecule has 4 bridgehead atoms. The number of hydrogen-bond acceptors (Lipinski definition) is 2. The van der Waals surface area contributed by atoms with Gasteiger partial charge in [0.15, 0.2) is 0 Å². The fourth-order valence-electron chi connectivity index (χ4n) is 6.74. The van der Waals surface area contributed by atoms with Gasteiger partial charge < -0.3 is 10.4 Å². The fourth-order valence-corrected chi connectivity index (χ4v) is 6.74. The van der Waals surface area contributed by atoms with Crippen LogP contribution in [0.15, 0.2) is 30.3 Å². The molecule has 3 nitrogen and oxygen atoms in total. The second-order valence-corrected chi connectivity index (χ2v) is 9.42. The second kappa shape index (κ2) is 7.58. The molecule has 0 aliphatic heterocycles. The number of carbonyl (C=O) groups excluding carboxylic acids is 1. The van der Waals surface area contributed by atoms with E-state index >= 15 is 0 Å². The molecule has 0 atom stereocenters. The summed E-state index contributed by atoms with van der Waals surface area (Å²) in [7, 11) is 0. The van der Waals surface area contributed by atoms with Crippen LogP contribution in [-0.4, -0.2) is 23.7 Å². The van der Waals surface area contributed by atoms with E-state index in [-0.39, 0.29) is 17.4 Å². The van der Waals surface area contributed by atoms with E-state index in [1.165, 1.54) is 5.56 Å². The molecule has 0 heterocycles. The highest BCUT2D eigenvalue weighted by molar-refractivity contribution is 5.78. The first-order valence-corrected chi connectivity index (χ1v) is 11.1. The third-order valence-corrected chi connectivity index (χ3v) is 8.28. The summed E-state index contributed by atoms with van der Waals surface area (Å²) in [6, 6.07) is 10.8. The molecule has 3 heteroatoms. The summed E-state index contributed by atoms with van der Waals surface area (Å²) in [5, 5.41) is 13.8. The largest absolute Gasteiger partial charge is 0.393 e. The number of hydrogen-bond donors (Lipinski definition) is 2. The Bertz CT molecular complexity index is 622. The summed E-state index contributed by atoms with van der Waals surface area (Å²) in [5.74, 6) is 2.78. The Labute approximate surface area is 163 Å². The summed E-state index contributed by atoms with van der Waals surface area (Å²) in [4.78, 5) is 13.1. The van der Waals surface area contributed by atoms with Gasteiger partial charge in [-0.15, -0.1) is 0 Å². The smallest absolute Gasteiger partial charge is 0.220 e. The second-order valence-electron chi connectivity index (χ2n) is 9.42. The highest BCUT2D eigenvalue weighted by atomic mass is 16.3. The van der Waals surface area contributed by atoms with Crippen LogP contribution in [0.4, 0.5) is 0 Å². The standard InChI is InChI=1S/C24H35NO2/c1-3-16(4-2)15-25-22(26)14-24(19-8-6-5-7-9-19)20-10-17-11-21(24)13-18(12-20)23(17)27/h5-9,16-18,20-21,23,27H,3-4,10-15H2,1-2H3,(H,25,26). The molecule has 4 saturated carbocycles. The van der Waals surface area contributed by atoms with Crippen molar-refractivity contribution in [2.45, 2.75) is 70.3 Å². The SMILES string of the molecule is CCC(CC)CNC(=O)CC1(c2ccccc2)C2CC3CC1CC(C2)C3O. The first-order valence-electron chi connectivity index (χ1n) is 11.1.